The molecule has 0 fully saturated rings. The summed E-state index contributed by atoms with van der Waals surface area (Å²) < 4.78 is 5.63. The maximum Gasteiger partial charge on any atom is 0.224 e. The largest absolute Gasteiger partial charge is 0.491 e. The lowest BCUT2D eigenvalue weighted by atomic mass is 10.2. The summed E-state index contributed by atoms with van der Waals surface area (Å²) in [4.78, 5) is 31.8. The van der Waals surface area contributed by atoms with Crippen LogP contribution in [0.3, 0.4) is 0 Å². The number of carbonyl (C=O) groups is 2. The van der Waals surface area contributed by atoms with Crippen LogP contribution < -0.4 is 9.64 Å². The van der Waals surface area contributed by atoms with E-state index in [4.69, 9.17) is 4.74 Å². The molecule has 0 aliphatic rings. The fourth-order valence-corrected chi connectivity index (χ4v) is 2.81. The summed E-state index contributed by atoms with van der Waals surface area (Å²) in [6, 6.07) is 11.3. The Bertz CT molecular complexity index is 760. The molecule has 1 heterocycles. The zero-order valence-electron chi connectivity index (χ0n) is 17.1. The second kappa shape index (κ2) is 10.4. The van der Waals surface area contributed by atoms with Crippen molar-refractivity contribution in [2.24, 2.45) is 0 Å². The average Bonchev–Trinajstić information content (AvgIpc) is 2.67. The molecule has 0 aliphatic carbocycles. The van der Waals surface area contributed by atoms with Gasteiger partial charge in [0.2, 0.25) is 11.8 Å². The molecule has 0 saturated carbocycles. The standard InChI is InChI=1S/C22H29N3O3/c1-17(2)28-21-7-5-20(6-8-21)25(18(3)26)16-12-22(27)24(4)15-11-19-9-13-23-14-10-19/h5-10,13-14,17H,11-12,15-16H2,1-4H3. The van der Waals surface area contributed by atoms with Gasteiger partial charge < -0.3 is 14.5 Å². The van der Waals surface area contributed by atoms with Gasteiger partial charge in [-0.15, -0.1) is 0 Å². The summed E-state index contributed by atoms with van der Waals surface area (Å²) in [6.45, 7) is 6.41. The van der Waals surface area contributed by atoms with E-state index in [2.05, 4.69) is 4.98 Å². The van der Waals surface area contributed by atoms with Crippen molar-refractivity contribution in [3.05, 3.63) is 54.4 Å². The predicted molar refractivity (Wildman–Crippen MR) is 110 cm³/mol. The van der Waals surface area contributed by atoms with Crippen LogP contribution in [0, 0.1) is 0 Å². The van der Waals surface area contributed by atoms with Crippen LogP contribution in [0.2, 0.25) is 0 Å². The molecular weight excluding hydrogens is 354 g/mol. The summed E-state index contributed by atoms with van der Waals surface area (Å²) in [5.74, 6) is 0.680. The second-order valence-corrected chi connectivity index (χ2v) is 7.00. The number of likely N-dealkylation sites (N-methyl/N-ethyl adjacent to an activating group) is 1. The van der Waals surface area contributed by atoms with Crippen LogP contribution in [0.5, 0.6) is 5.75 Å². The highest BCUT2D eigenvalue weighted by atomic mass is 16.5. The van der Waals surface area contributed by atoms with Gasteiger partial charge in [-0.25, -0.2) is 0 Å². The van der Waals surface area contributed by atoms with E-state index < -0.39 is 0 Å². The number of pyridine rings is 1. The van der Waals surface area contributed by atoms with E-state index in [1.54, 1.807) is 29.2 Å². The van der Waals surface area contributed by atoms with Crippen molar-refractivity contribution in [3.63, 3.8) is 0 Å². The third-order valence-electron chi connectivity index (χ3n) is 4.36. The molecule has 150 valence electrons. The Kier molecular flexibility index (Phi) is 7.99. The molecule has 2 amide bonds. The molecule has 0 aliphatic heterocycles. The van der Waals surface area contributed by atoms with Gasteiger partial charge >= 0.3 is 0 Å². The maximum absolute atomic E-state index is 12.5. The van der Waals surface area contributed by atoms with Crippen LogP contribution in [0.4, 0.5) is 5.69 Å². The van der Waals surface area contributed by atoms with Crippen LogP contribution in [0.1, 0.15) is 32.8 Å². The molecule has 6 heteroatoms. The van der Waals surface area contributed by atoms with Crippen molar-refractivity contribution in [1.82, 2.24) is 9.88 Å². The van der Waals surface area contributed by atoms with E-state index in [1.807, 2.05) is 50.2 Å². The highest BCUT2D eigenvalue weighted by Gasteiger charge is 2.16. The van der Waals surface area contributed by atoms with E-state index >= 15 is 0 Å². The first-order valence-corrected chi connectivity index (χ1v) is 9.54. The molecule has 1 aromatic carbocycles. The number of ether oxygens (including phenoxy) is 1. The number of nitrogens with zero attached hydrogens (tertiary/aromatic N) is 3. The minimum atomic E-state index is -0.0928. The molecule has 28 heavy (non-hydrogen) atoms. The molecule has 6 nitrogen and oxygen atoms in total. The van der Waals surface area contributed by atoms with Crippen LogP contribution in [-0.2, 0) is 16.0 Å². The Morgan fingerprint density at radius 2 is 1.68 bits per heavy atom. The Balaban J connectivity index is 1.89. The molecule has 0 unspecified atom stereocenters. The van der Waals surface area contributed by atoms with Crippen molar-refractivity contribution in [2.45, 2.75) is 39.7 Å². The number of carbonyl (C=O) groups excluding carboxylic acids is 2. The summed E-state index contributed by atoms with van der Waals surface area (Å²) in [5.41, 5.74) is 1.90. The zero-order chi connectivity index (χ0) is 20.5. The number of hydrogen-bond acceptors (Lipinski definition) is 4. The van der Waals surface area contributed by atoms with Crippen molar-refractivity contribution in [2.75, 3.05) is 25.0 Å². The van der Waals surface area contributed by atoms with Gasteiger partial charge in [0.15, 0.2) is 0 Å². The monoisotopic (exact) mass is 383 g/mol. The lowest BCUT2D eigenvalue weighted by Gasteiger charge is -2.23. The fourth-order valence-electron chi connectivity index (χ4n) is 2.81. The van der Waals surface area contributed by atoms with Crippen molar-refractivity contribution in [1.29, 1.82) is 0 Å². The van der Waals surface area contributed by atoms with Crippen LogP contribution in [0.25, 0.3) is 0 Å². The van der Waals surface area contributed by atoms with Gasteiger partial charge in [-0.3, -0.25) is 14.6 Å². The van der Waals surface area contributed by atoms with Crippen LogP contribution >= 0.6 is 0 Å². The number of rotatable bonds is 9. The average molecular weight is 383 g/mol. The molecule has 0 atom stereocenters. The predicted octanol–water partition coefficient (Wildman–Crippen LogP) is 3.31. The quantitative estimate of drug-likeness (QED) is 0.666. The third-order valence-corrected chi connectivity index (χ3v) is 4.36. The van der Waals surface area contributed by atoms with Crippen LogP contribution in [0.15, 0.2) is 48.8 Å². The lowest BCUT2D eigenvalue weighted by Crippen LogP contribution is -2.35. The summed E-state index contributed by atoms with van der Waals surface area (Å²) in [7, 11) is 1.79. The molecule has 0 spiro atoms. The number of benzene rings is 1. The smallest absolute Gasteiger partial charge is 0.224 e. The normalized spacial score (nSPS) is 10.6. The summed E-state index contributed by atoms with van der Waals surface area (Å²) in [6.07, 6.45) is 4.64. The van der Waals surface area contributed by atoms with E-state index in [9.17, 15) is 9.59 Å². The zero-order valence-corrected chi connectivity index (χ0v) is 17.1. The van der Waals surface area contributed by atoms with Gasteiger partial charge in [-0.1, -0.05) is 0 Å². The van der Waals surface area contributed by atoms with E-state index in [0.717, 1.165) is 23.4 Å². The first-order valence-electron chi connectivity index (χ1n) is 9.54. The second-order valence-electron chi connectivity index (χ2n) is 7.00. The van der Waals surface area contributed by atoms with Gasteiger partial charge in [0.1, 0.15) is 5.75 Å². The van der Waals surface area contributed by atoms with Gasteiger partial charge in [-0.05, 0) is 62.2 Å². The van der Waals surface area contributed by atoms with Gasteiger partial charge in [0, 0.05) is 51.6 Å². The molecule has 0 N–H and O–H groups in total. The van der Waals surface area contributed by atoms with E-state index in [1.165, 1.54) is 6.92 Å². The van der Waals surface area contributed by atoms with E-state index in [0.29, 0.717) is 13.1 Å². The van der Waals surface area contributed by atoms with Crippen molar-refractivity contribution in [3.8, 4) is 5.75 Å². The number of aromatic nitrogens is 1. The number of amides is 2. The Labute approximate surface area is 167 Å². The van der Waals surface area contributed by atoms with Crippen LogP contribution in [-0.4, -0.2) is 47.9 Å². The first-order chi connectivity index (χ1) is 13.4. The highest BCUT2D eigenvalue weighted by Crippen LogP contribution is 2.21. The first kappa shape index (κ1) is 21.4. The molecular formula is C22H29N3O3. The Morgan fingerprint density at radius 1 is 1.04 bits per heavy atom. The molecule has 0 saturated heterocycles. The molecule has 1 aromatic heterocycles. The third kappa shape index (κ3) is 6.68. The minimum Gasteiger partial charge on any atom is -0.491 e. The Hall–Kier alpha value is -2.89. The minimum absolute atomic E-state index is 0.0140. The maximum atomic E-state index is 12.5. The Morgan fingerprint density at radius 3 is 2.25 bits per heavy atom. The fraction of sp³-hybridized carbons (Fsp3) is 0.409. The SMILES string of the molecule is CC(=O)N(CCC(=O)N(C)CCc1ccncc1)c1ccc(OC(C)C)cc1. The summed E-state index contributed by atoms with van der Waals surface area (Å²) >= 11 is 0. The summed E-state index contributed by atoms with van der Waals surface area (Å²) in [5, 5.41) is 0. The van der Waals surface area contributed by atoms with Crippen molar-refractivity contribution >= 4 is 17.5 Å². The topological polar surface area (TPSA) is 62.7 Å². The van der Waals surface area contributed by atoms with Gasteiger partial charge in [0.05, 0.1) is 6.10 Å². The highest BCUT2D eigenvalue weighted by molar-refractivity contribution is 5.92. The molecule has 2 aromatic rings. The number of anilines is 1. The van der Waals surface area contributed by atoms with Gasteiger partial charge in [-0.2, -0.15) is 0 Å². The number of hydrogen-bond donors (Lipinski definition) is 0. The molecule has 0 bridgehead atoms. The van der Waals surface area contributed by atoms with Gasteiger partial charge in [0.25, 0.3) is 0 Å². The van der Waals surface area contributed by atoms with E-state index in [-0.39, 0.29) is 24.3 Å². The molecule has 2 rings (SSSR count). The molecule has 0 radical (unpaired) electrons. The lowest BCUT2D eigenvalue weighted by molar-refractivity contribution is -0.129. The van der Waals surface area contributed by atoms with Crippen molar-refractivity contribution < 1.29 is 14.3 Å².